The predicted octanol–water partition coefficient (Wildman–Crippen LogP) is 1.50. The SMILES string of the molecule is COc1c(N)cccc1-c1nnnn1CC1CCCCO1. The van der Waals surface area contributed by atoms with Gasteiger partial charge in [-0.15, -0.1) is 5.10 Å². The van der Waals surface area contributed by atoms with Gasteiger partial charge in [0.25, 0.3) is 0 Å². The van der Waals surface area contributed by atoms with Gasteiger partial charge in [0.1, 0.15) is 0 Å². The fraction of sp³-hybridized carbons (Fsp3) is 0.500. The van der Waals surface area contributed by atoms with Crippen LogP contribution in [-0.2, 0) is 11.3 Å². The van der Waals surface area contributed by atoms with Gasteiger partial charge in [-0.05, 0) is 41.8 Å². The van der Waals surface area contributed by atoms with E-state index in [4.69, 9.17) is 15.2 Å². The predicted molar refractivity (Wildman–Crippen MR) is 77.8 cm³/mol. The highest BCUT2D eigenvalue weighted by atomic mass is 16.5. The zero-order chi connectivity index (χ0) is 14.7. The number of anilines is 1. The van der Waals surface area contributed by atoms with Crippen LogP contribution in [-0.4, -0.2) is 40.0 Å². The monoisotopic (exact) mass is 289 g/mol. The normalized spacial score (nSPS) is 18.6. The highest BCUT2D eigenvalue weighted by Gasteiger charge is 2.20. The maximum absolute atomic E-state index is 5.94. The summed E-state index contributed by atoms with van der Waals surface area (Å²) >= 11 is 0. The lowest BCUT2D eigenvalue weighted by molar-refractivity contribution is 0.00397. The number of nitrogen functional groups attached to an aromatic ring is 1. The van der Waals surface area contributed by atoms with Crippen molar-refractivity contribution in [2.75, 3.05) is 19.5 Å². The molecule has 1 saturated heterocycles. The minimum absolute atomic E-state index is 0.160. The molecule has 7 nitrogen and oxygen atoms in total. The summed E-state index contributed by atoms with van der Waals surface area (Å²) in [6.45, 7) is 1.45. The van der Waals surface area contributed by atoms with E-state index in [0.29, 0.717) is 23.8 Å². The number of tetrazole rings is 1. The molecule has 1 aromatic carbocycles. The molecular formula is C14H19N5O2. The van der Waals surface area contributed by atoms with Crippen LogP contribution < -0.4 is 10.5 Å². The van der Waals surface area contributed by atoms with Crippen LogP contribution in [0.4, 0.5) is 5.69 Å². The van der Waals surface area contributed by atoms with Crippen molar-refractivity contribution in [2.24, 2.45) is 0 Å². The van der Waals surface area contributed by atoms with E-state index in [0.717, 1.165) is 25.0 Å². The van der Waals surface area contributed by atoms with E-state index in [1.165, 1.54) is 6.42 Å². The summed E-state index contributed by atoms with van der Waals surface area (Å²) in [5.74, 6) is 1.24. The number of hydrogen-bond acceptors (Lipinski definition) is 6. The second-order valence-corrected chi connectivity index (χ2v) is 5.10. The van der Waals surface area contributed by atoms with Gasteiger partial charge in [0.15, 0.2) is 11.6 Å². The largest absolute Gasteiger partial charge is 0.494 e. The van der Waals surface area contributed by atoms with E-state index >= 15 is 0 Å². The van der Waals surface area contributed by atoms with E-state index in [1.807, 2.05) is 12.1 Å². The minimum Gasteiger partial charge on any atom is -0.494 e. The molecule has 1 aromatic heterocycles. The maximum atomic E-state index is 5.94. The quantitative estimate of drug-likeness (QED) is 0.858. The highest BCUT2D eigenvalue weighted by Crippen LogP contribution is 2.33. The second-order valence-electron chi connectivity index (χ2n) is 5.10. The molecule has 0 radical (unpaired) electrons. The second kappa shape index (κ2) is 6.09. The molecule has 0 saturated carbocycles. The first-order valence-corrected chi connectivity index (χ1v) is 7.10. The minimum atomic E-state index is 0.160. The van der Waals surface area contributed by atoms with Gasteiger partial charge in [0.2, 0.25) is 0 Å². The third kappa shape index (κ3) is 2.82. The molecule has 3 rings (SSSR count). The highest BCUT2D eigenvalue weighted by molar-refractivity contribution is 5.73. The average molecular weight is 289 g/mol. The van der Waals surface area contributed by atoms with Crippen LogP contribution in [0.15, 0.2) is 18.2 Å². The fourth-order valence-corrected chi connectivity index (χ4v) is 2.62. The van der Waals surface area contributed by atoms with Crippen LogP contribution in [0.5, 0.6) is 5.75 Å². The topological polar surface area (TPSA) is 88.1 Å². The zero-order valence-electron chi connectivity index (χ0n) is 12.0. The average Bonchev–Trinajstić information content (AvgIpc) is 2.96. The lowest BCUT2D eigenvalue weighted by Gasteiger charge is -2.22. The van der Waals surface area contributed by atoms with Crippen molar-refractivity contribution in [3.8, 4) is 17.1 Å². The van der Waals surface area contributed by atoms with Gasteiger partial charge in [-0.3, -0.25) is 0 Å². The molecule has 2 N–H and O–H groups in total. The molecular weight excluding hydrogens is 270 g/mol. The first-order chi connectivity index (χ1) is 10.3. The molecule has 2 heterocycles. The Labute approximate surface area is 123 Å². The maximum Gasteiger partial charge on any atom is 0.185 e. The molecule has 0 amide bonds. The Kier molecular flexibility index (Phi) is 4.01. The lowest BCUT2D eigenvalue weighted by Crippen LogP contribution is -2.25. The van der Waals surface area contributed by atoms with Gasteiger partial charge < -0.3 is 15.2 Å². The number of para-hydroxylation sites is 1. The van der Waals surface area contributed by atoms with Crippen molar-refractivity contribution >= 4 is 5.69 Å². The van der Waals surface area contributed by atoms with Gasteiger partial charge in [-0.25, -0.2) is 4.68 Å². The Bertz CT molecular complexity index is 607. The summed E-state index contributed by atoms with van der Waals surface area (Å²) in [5.41, 5.74) is 7.30. The van der Waals surface area contributed by atoms with Crippen LogP contribution in [0.25, 0.3) is 11.4 Å². The number of nitrogens with zero attached hydrogens (tertiary/aromatic N) is 4. The van der Waals surface area contributed by atoms with Crippen LogP contribution in [0.3, 0.4) is 0 Å². The van der Waals surface area contributed by atoms with Crippen molar-refractivity contribution in [1.82, 2.24) is 20.2 Å². The van der Waals surface area contributed by atoms with Gasteiger partial charge in [0, 0.05) is 6.61 Å². The summed E-state index contributed by atoms with van der Waals surface area (Å²) in [4.78, 5) is 0. The Morgan fingerprint density at radius 1 is 1.43 bits per heavy atom. The van der Waals surface area contributed by atoms with E-state index in [-0.39, 0.29) is 6.10 Å². The van der Waals surface area contributed by atoms with Crippen molar-refractivity contribution in [1.29, 1.82) is 0 Å². The van der Waals surface area contributed by atoms with E-state index in [9.17, 15) is 0 Å². The summed E-state index contributed by atoms with van der Waals surface area (Å²) in [6, 6.07) is 5.56. The van der Waals surface area contributed by atoms with Gasteiger partial charge in [0.05, 0.1) is 31.0 Å². The first kappa shape index (κ1) is 13.8. The Morgan fingerprint density at radius 2 is 2.33 bits per heavy atom. The van der Waals surface area contributed by atoms with E-state index in [2.05, 4.69) is 15.5 Å². The summed E-state index contributed by atoms with van der Waals surface area (Å²) in [6.07, 6.45) is 3.51. The first-order valence-electron chi connectivity index (χ1n) is 7.10. The molecule has 7 heteroatoms. The van der Waals surface area contributed by atoms with Crippen molar-refractivity contribution < 1.29 is 9.47 Å². The van der Waals surface area contributed by atoms with Crippen molar-refractivity contribution in [3.63, 3.8) is 0 Å². The summed E-state index contributed by atoms with van der Waals surface area (Å²) in [7, 11) is 1.59. The third-order valence-electron chi connectivity index (χ3n) is 3.67. The smallest absolute Gasteiger partial charge is 0.185 e. The van der Waals surface area contributed by atoms with Crippen LogP contribution in [0.1, 0.15) is 19.3 Å². The van der Waals surface area contributed by atoms with Crippen LogP contribution in [0, 0.1) is 0 Å². The molecule has 1 atom stereocenters. The van der Waals surface area contributed by atoms with Crippen LogP contribution >= 0.6 is 0 Å². The molecule has 1 aliphatic heterocycles. The number of benzene rings is 1. The lowest BCUT2D eigenvalue weighted by atomic mass is 10.1. The number of aromatic nitrogens is 4. The molecule has 0 bridgehead atoms. The third-order valence-corrected chi connectivity index (χ3v) is 3.67. The molecule has 1 unspecified atom stereocenters. The zero-order valence-corrected chi connectivity index (χ0v) is 12.0. The standard InChI is InChI=1S/C14H19N5O2/c1-20-13-11(6-4-7-12(13)15)14-16-17-18-19(14)9-10-5-2-3-8-21-10/h4,6-7,10H,2-3,5,8-9,15H2,1H3. The molecule has 1 aliphatic rings. The van der Waals surface area contributed by atoms with Gasteiger partial charge >= 0.3 is 0 Å². The number of ether oxygens (including phenoxy) is 2. The summed E-state index contributed by atoms with van der Waals surface area (Å²) in [5, 5.41) is 12.0. The van der Waals surface area contributed by atoms with E-state index < -0.39 is 0 Å². The number of methoxy groups -OCH3 is 1. The van der Waals surface area contributed by atoms with Crippen LogP contribution in [0.2, 0.25) is 0 Å². The van der Waals surface area contributed by atoms with E-state index in [1.54, 1.807) is 17.9 Å². The van der Waals surface area contributed by atoms with Gasteiger partial charge in [-0.1, -0.05) is 6.07 Å². The molecule has 1 fully saturated rings. The number of nitrogens with two attached hydrogens (primary N) is 1. The fourth-order valence-electron chi connectivity index (χ4n) is 2.62. The molecule has 2 aromatic rings. The molecule has 112 valence electrons. The van der Waals surface area contributed by atoms with Gasteiger partial charge in [-0.2, -0.15) is 0 Å². The molecule has 0 aliphatic carbocycles. The number of hydrogen-bond donors (Lipinski definition) is 1. The number of rotatable bonds is 4. The Morgan fingerprint density at radius 3 is 3.10 bits per heavy atom. The summed E-state index contributed by atoms with van der Waals surface area (Å²) < 4.78 is 12.9. The van der Waals surface area contributed by atoms with Crippen molar-refractivity contribution in [3.05, 3.63) is 18.2 Å². The van der Waals surface area contributed by atoms with Crippen molar-refractivity contribution in [2.45, 2.75) is 31.9 Å². The Hall–Kier alpha value is -2.15. The molecule has 0 spiro atoms. The molecule has 21 heavy (non-hydrogen) atoms. The Balaban J connectivity index is 1.90.